The summed E-state index contributed by atoms with van der Waals surface area (Å²) < 4.78 is 5.25. The van der Waals surface area contributed by atoms with Gasteiger partial charge in [-0.05, 0) is 66.6 Å². The fraction of sp³-hybridized carbons (Fsp3) is 0.864. The number of carbonyl (C=O) groups is 1. The van der Waals surface area contributed by atoms with Crippen LogP contribution >= 0.6 is 15.9 Å². The molecule has 3 saturated carbocycles. The normalized spacial score (nSPS) is 50.6. The van der Waals surface area contributed by atoms with Crippen LogP contribution in [0.5, 0.6) is 0 Å². The van der Waals surface area contributed by atoms with Crippen LogP contribution in [-0.2, 0) is 9.53 Å². The number of hydrogen-bond acceptors (Lipinski definition) is 3. The van der Waals surface area contributed by atoms with Gasteiger partial charge in [0, 0.05) is 12.8 Å². The predicted octanol–water partition coefficient (Wildman–Crippen LogP) is 4.86. The van der Waals surface area contributed by atoms with Gasteiger partial charge in [0.1, 0.15) is 6.61 Å². The molecule has 8 atom stereocenters. The zero-order chi connectivity index (χ0) is 18.9. The summed E-state index contributed by atoms with van der Waals surface area (Å²) in [6.45, 7) is 9.08. The molecule has 0 heterocycles. The number of fused-ring (bicyclic) bond motifs is 5. The van der Waals surface area contributed by atoms with E-state index in [-0.39, 0.29) is 33.6 Å². The first-order valence-corrected chi connectivity index (χ1v) is 11.2. The van der Waals surface area contributed by atoms with Crippen molar-refractivity contribution in [3.05, 3.63) is 11.6 Å². The molecule has 0 aromatic heterocycles. The number of allylic oxidation sites excluding steroid dienone is 1. The average molecular weight is 425 g/mol. The highest BCUT2D eigenvalue weighted by atomic mass is 79.9. The van der Waals surface area contributed by atoms with E-state index in [2.05, 4.69) is 42.8 Å². The quantitative estimate of drug-likeness (QED) is 0.399. The largest absolute Gasteiger partial charge is 0.465 e. The topological polar surface area (TPSA) is 46.5 Å². The Morgan fingerprint density at radius 3 is 2.81 bits per heavy atom. The number of alkyl halides is 1. The second kappa shape index (κ2) is 6.07. The molecular weight excluding hydrogens is 392 g/mol. The van der Waals surface area contributed by atoms with E-state index < -0.39 is 0 Å². The maximum Gasteiger partial charge on any atom is 0.302 e. The zero-order valence-corrected chi connectivity index (χ0v) is 18.1. The molecule has 4 aliphatic rings. The van der Waals surface area contributed by atoms with Crippen LogP contribution in [0.2, 0.25) is 0 Å². The number of aliphatic hydroxyl groups is 1. The van der Waals surface area contributed by atoms with E-state index >= 15 is 0 Å². The van der Waals surface area contributed by atoms with Crippen molar-refractivity contribution in [1.29, 1.82) is 0 Å². The summed E-state index contributed by atoms with van der Waals surface area (Å²) >= 11 is 3.78. The van der Waals surface area contributed by atoms with Gasteiger partial charge in [-0.15, -0.1) is 0 Å². The zero-order valence-electron chi connectivity index (χ0n) is 16.6. The van der Waals surface area contributed by atoms with E-state index in [0.717, 1.165) is 25.2 Å². The maximum atomic E-state index is 11.2. The third-order valence-electron chi connectivity index (χ3n) is 8.70. The molecule has 4 aliphatic carbocycles. The first-order chi connectivity index (χ1) is 12.1. The van der Waals surface area contributed by atoms with Gasteiger partial charge >= 0.3 is 5.97 Å². The number of halogens is 1. The molecule has 146 valence electrons. The molecule has 0 amide bonds. The Labute approximate surface area is 166 Å². The minimum absolute atomic E-state index is 0.00841. The van der Waals surface area contributed by atoms with Crippen molar-refractivity contribution in [2.75, 3.05) is 6.61 Å². The molecule has 3 fully saturated rings. The Morgan fingerprint density at radius 2 is 2.12 bits per heavy atom. The summed E-state index contributed by atoms with van der Waals surface area (Å²) in [6.07, 6.45) is 9.15. The van der Waals surface area contributed by atoms with Gasteiger partial charge in [-0.1, -0.05) is 48.4 Å². The van der Waals surface area contributed by atoms with Crippen LogP contribution in [0.1, 0.15) is 66.2 Å². The summed E-state index contributed by atoms with van der Waals surface area (Å²) in [5.74, 6) is 1.56. The Kier molecular flexibility index (Phi) is 4.43. The highest BCUT2D eigenvalue weighted by Crippen LogP contribution is 2.73. The lowest BCUT2D eigenvalue weighted by atomic mass is 9.48. The number of hydrogen-bond donors (Lipinski definition) is 1. The number of aliphatic hydroxyl groups excluding tert-OH is 1. The van der Waals surface area contributed by atoms with Gasteiger partial charge in [0.05, 0.1) is 10.9 Å². The van der Waals surface area contributed by atoms with Crippen molar-refractivity contribution in [2.45, 2.75) is 77.2 Å². The molecule has 0 bridgehead atoms. The first-order valence-electron chi connectivity index (χ1n) is 10.3. The monoisotopic (exact) mass is 424 g/mol. The summed E-state index contributed by atoms with van der Waals surface area (Å²) in [5.41, 5.74) is 2.28. The molecule has 1 N–H and O–H groups in total. The number of rotatable bonds is 3. The average Bonchev–Trinajstić information content (AvgIpc) is 3.26. The standard InChI is InChI=1S/C22H33BrO3/c1-13(24)26-12-19(23)20(2)7-6-16-15(11-20)17(25)9-18-21(16,3)8-5-14-10-22(14,18)4/h6,14-15,17-19,25H,5,7-12H2,1-4H3/t14-,15-,17-,18+,19-,20+,21+,22+/m0/s1. The van der Waals surface area contributed by atoms with E-state index in [1.165, 1.54) is 31.8 Å². The summed E-state index contributed by atoms with van der Waals surface area (Å²) in [4.78, 5) is 11.3. The molecule has 0 radical (unpaired) electrons. The molecule has 3 nitrogen and oxygen atoms in total. The molecule has 0 aliphatic heterocycles. The first kappa shape index (κ1) is 19.0. The van der Waals surface area contributed by atoms with E-state index in [1.807, 2.05) is 0 Å². The van der Waals surface area contributed by atoms with Crippen molar-refractivity contribution in [3.63, 3.8) is 0 Å². The minimum Gasteiger partial charge on any atom is -0.465 e. The van der Waals surface area contributed by atoms with Crippen LogP contribution in [-0.4, -0.2) is 28.6 Å². The van der Waals surface area contributed by atoms with Gasteiger partial charge in [-0.2, -0.15) is 0 Å². The fourth-order valence-corrected chi connectivity index (χ4v) is 7.33. The van der Waals surface area contributed by atoms with Crippen molar-refractivity contribution in [3.8, 4) is 0 Å². The SMILES string of the molecule is CC(=O)OC[C@H](Br)[C@]1(C)CC=C2[C@H](C1)[C@@H](O)C[C@H]1[C@]3(C)C[C@@H]3CC[C@]21C. The Morgan fingerprint density at radius 1 is 1.38 bits per heavy atom. The molecule has 0 aromatic carbocycles. The van der Waals surface area contributed by atoms with Crippen molar-refractivity contribution < 1.29 is 14.6 Å². The highest BCUT2D eigenvalue weighted by molar-refractivity contribution is 9.09. The second-order valence-electron chi connectivity index (χ2n) is 10.3. The number of esters is 1. The molecular formula is C22H33BrO3. The van der Waals surface area contributed by atoms with Crippen LogP contribution in [0.15, 0.2) is 11.6 Å². The lowest BCUT2D eigenvalue weighted by molar-refractivity contribution is -0.141. The van der Waals surface area contributed by atoms with E-state index in [0.29, 0.717) is 17.9 Å². The molecule has 0 aromatic rings. The van der Waals surface area contributed by atoms with Gasteiger partial charge in [-0.25, -0.2) is 0 Å². The number of carbonyl (C=O) groups excluding carboxylic acids is 1. The Hall–Kier alpha value is -0.350. The minimum atomic E-state index is -0.233. The van der Waals surface area contributed by atoms with Gasteiger partial charge in [-0.3, -0.25) is 4.79 Å². The third-order valence-corrected chi connectivity index (χ3v) is 10.1. The molecule has 4 rings (SSSR count). The fourth-order valence-electron chi connectivity index (χ4n) is 6.82. The second-order valence-corrected chi connectivity index (χ2v) is 11.4. The van der Waals surface area contributed by atoms with Gasteiger partial charge in [0.15, 0.2) is 0 Å². The summed E-state index contributed by atoms with van der Waals surface area (Å²) in [6, 6.07) is 0. The molecule has 0 unspecified atom stereocenters. The summed E-state index contributed by atoms with van der Waals surface area (Å²) in [5, 5.41) is 11.1. The molecule has 0 spiro atoms. The maximum absolute atomic E-state index is 11.2. The molecule has 4 heteroatoms. The predicted molar refractivity (Wildman–Crippen MR) is 106 cm³/mol. The smallest absolute Gasteiger partial charge is 0.302 e. The van der Waals surface area contributed by atoms with E-state index in [9.17, 15) is 9.90 Å². The third kappa shape index (κ3) is 2.73. The van der Waals surface area contributed by atoms with Gasteiger partial charge in [0.2, 0.25) is 0 Å². The van der Waals surface area contributed by atoms with Crippen LogP contribution in [0.4, 0.5) is 0 Å². The van der Waals surface area contributed by atoms with Crippen molar-refractivity contribution in [1.82, 2.24) is 0 Å². The number of ether oxygens (including phenoxy) is 1. The Balaban J connectivity index is 1.59. The van der Waals surface area contributed by atoms with Gasteiger partial charge in [0.25, 0.3) is 0 Å². The van der Waals surface area contributed by atoms with E-state index in [4.69, 9.17) is 4.74 Å². The lowest BCUT2D eigenvalue weighted by Crippen LogP contribution is -2.52. The van der Waals surface area contributed by atoms with Crippen molar-refractivity contribution >= 4 is 21.9 Å². The van der Waals surface area contributed by atoms with Crippen LogP contribution < -0.4 is 0 Å². The van der Waals surface area contributed by atoms with Crippen molar-refractivity contribution in [2.24, 2.45) is 34.0 Å². The highest BCUT2D eigenvalue weighted by Gasteiger charge is 2.66. The lowest BCUT2D eigenvalue weighted by Gasteiger charge is -2.57. The van der Waals surface area contributed by atoms with Crippen LogP contribution in [0.3, 0.4) is 0 Å². The van der Waals surface area contributed by atoms with Crippen LogP contribution in [0, 0.1) is 34.0 Å². The van der Waals surface area contributed by atoms with Gasteiger partial charge < -0.3 is 9.84 Å². The summed E-state index contributed by atoms with van der Waals surface area (Å²) in [7, 11) is 0. The molecule has 0 saturated heterocycles. The Bertz CT molecular complexity index is 645. The van der Waals surface area contributed by atoms with Crippen LogP contribution in [0.25, 0.3) is 0 Å². The van der Waals surface area contributed by atoms with E-state index in [1.54, 1.807) is 0 Å². The molecule has 26 heavy (non-hydrogen) atoms.